The molecule has 0 saturated heterocycles. The highest BCUT2D eigenvalue weighted by Gasteiger charge is 2.09. The first kappa shape index (κ1) is 21.5. The van der Waals surface area contributed by atoms with Crippen LogP contribution in [0.25, 0.3) is 0 Å². The van der Waals surface area contributed by atoms with Crippen molar-refractivity contribution in [3.63, 3.8) is 0 Å². The third kappa shape index (κ3) is 5.90. The minimum Gasteiger partial charge on any atom is -0.497 e. The molecule has 0 heterocycles. The Morgan fingerprint density at radius 3 is 2.40 bits per heavy atom. The molecule has 6 nitrogen and oxygen atoms in total. The van der Waals surface area contributed by atoms with Crippen molar-refractivity contribution >= 4 is 33.2 Å². The van der Waals surface area contributed by atoms with Gasteiger partial charge < -0.3 is 24.8 Å². The summed E-state index contributed by atoms with van der Waals surface area (Å²) < 4.78 is 16.8. The topological polar surface area (TPSA) is 68.8 Å². The Balaban J connectivity index is 1.52. The van der Waals surface area contributed by atoms with E-state index >= 15 is 0 Å². The van der Waals surface area contributed by atoms with Gasteiger partial charge in [-0.05, 0) is 70.0 Å². The van der Waals surface area contributed by atoms with Gasteiger partial charge in [-0.25, -0.2) is 0 Å². The summed E-state index contributed by atoms with van der Waals surface area (Å²) in [5.41, 5.74) is 2.68. The highest BCUT2D eigenvalue weighted by Crippen LogP contribution is 2.27. The summed E-state index contributed by atoms with van der Waals surface area (Å²) in [6, 6.07) is 20.7. The molecule has 0 fully saturated rings. The fourth-order valence-electron chi connectivity index (χ4n) is 2.76. The van der Waals surface area contributed by atoms with E-state index in [2.05, 4.69) is 26.6 Å². The number of halogens is 1. The number of para-hydroxylation sites is 2. The molecule has 0 saturated carbocycles. The second-order valence-corrected chi connectivity index (χ2v) is 7.24. The molecule has 0 spiro atoms. The minimum absolute atomic E-state index is 0.111. The fraction of sp³-hybridized carbons (Fsp3) is 0.174. The Labute approximate surface area is 184 Å². The summed E-state index contributed by atoms with van der Waals surface area (Å²) in [7, 11) is 3.20. The van der Waals surface area contributed by atoms with Crippen LogP contribution in [0.2, 0.25) is 0 Å². The van der Waals surface area contributed by atoms with Gasteiger partial charge in [0.05, 0.1) is 24.4 Å². The van der Waals surface area contributed by atoms with Gasteiger partial charge in [-0.3, -0.25) is 4.79 Å². The quantitative estimate of drug-likeness (QED) is 0.455. The summed E-state index contributed by atoms with van der Waals surface area (Å²) in [4.78, 5) is 12.2. The maximum atomic E-state index is 12.2. The molecule has 30 heavy (non-hydrogen) atoms. The van der Waals surface area contributed by atoms with Crippen molar-refractivity contribution in [2.75, 3.05) is 31.5 Å². The van der Waals surface area contributed by atoms with Crippen molar-refractivity contribution < 1.29 is 19.0 Å². The van der Waals surface area contributed by atoms with Gasteiger partial charge in [-0.2, -0.15) is 0 Å². The van der Waals surface area contributed by atoms with E-state index in [1.807, 2.05) is 54.6 Å². The Hall–Kier alpha value is -3.19. The molecule has 3 aromatic rings. The van der Waals surface area contributed by atoms with E-state index in [1.54, 1.807) is 26.4 Å². The van der Waals surface area contributed by atoms with E-state index in [0.29, 0.717) is 23.7 Å². The van der Waals surface area contributed by atoms with Crippen LogP contribution in [0, 0.1) is 0 Å². The molecule has 0 unspecified atom stereocenters. The summed E-state index contributed by atoms with van der Waals surface area (Å²) in [6.45, 7) is 0.541. The Morgan fingerprint density at radius 2 is 1.70 bits per heavy atom. The molecule has 0 bridgehead atoms. The molecule has 1 amide bonds. The third-order valence-electron chi connectivity index (χ3n) is 4.32. The van der Waals surface area contributed by atoms with E-state index < -0.39 is 0 Å². The maximum absolute atomic E-state index is 12.2. The lowest BCUT2D eigenvalue weighted by Crippen LogP contribution is -2.20. The van der Waals surface area contributed by atoms with Crippen molar-refractivity contribution in [3.8, 4) is 17.2 Å². The van der Waals surface area contributed by atoms with Crippen molar-refractivity contribution in [2.45, 2.75) is 6.54 Å². The molecule has 0 radical (unpaired) electrons. The lowest BCUT2D eigenvalue weighted by Gasteiger charge is -2.12. The minimum atomic E-state index is -0.267. The zero-order chi connectivity index (χ0) is 21.3. The number of carbonyl (C=O) groups excluding carboxylic acids is 1. The van der Waals surface area contributed by atoms with Gasteiger partial charge in [0, 0.05) is 12.2 Å². The molecule has 7 heteroatoms. The van der Waals surface area contributed by atoms with Gasteiger partial charge >= 0.3 is 0 Å². The van der Waals surface area contributed by atoms with Gasteiger partial charge in [-0.1, -0.05) is 18.2 Å². The van der Waals surface area contributed by atoms with E-state index in [9.17, 15) is 4.79 Å². The fourth-order valence-corrected chi connectivity index (χ4v) is 3.30. The summed E-state index contributed by atoms with van der Waals surface area (Å²) >= 11 is 3.51. The lowest BCUT2D eigenvalue weighted by atomic mass is 10.2. The predicted octanol–water partition coefficient (Wildman–Crippen LogP) is 5.10. The molecule has 0 aliphatic heterocycles. The van der Waals surface area contributed by atoms with Crippen LogP contribution in [-0.2, 0) is 11.3 Å². The lowest BCUT2D eigenvalue weighted by molar-refractivity contribution is -0.118. The zero-order valence-corrected chi connectivity index (χ0v) is 18.4. The highest BCUT2D eigenvalue weighted by atomic mass is 79.9. The molecule has 3 aromatic carbocycles. The Kier molecular flexibility index (Phi) is 7.57. The molecule has 3 rings (SSSR count). The largest absolute Gasteiger partial charge is 0.497 e. The van der Waals surface area contributed by atoms with Gasteiger partial charge in [-0.15, -0.1) is 0 Å². The maximum Gasteiger partial charge on any atom is 0.262 e. The van der Waals surface area contributed by atoms with Crippen molar-refractivity contribution in [2.24, 2.45) is 0 Å². The van der Waals surface area contributed by atoms with Crippen LogP contribution in [0.4, 0.5) is 11.4 Å². The number of amides is 1. The zero-order valence-electron chi connectivity index (χ0n) is 16.8. The third-order valence-corrected chi connectivity index (χ3v) is 4.94. The number of ether oxygens (including phenoxy) is 3. The number of nitrogens with one attached hydrogen (secondary N) is 2. The first-order valence-corrected chi connectivity index (χ1v) is 10.1. The second kappa shape index (κ2) is 10.5. The van der Waals surface area contributed by atoms with Crippen LogP contribution in [0.15, 0.2) is 71.2 Å². The smallest absolute Gasteiger partial charge is 0.262 e. The monoisotopic (exact) mass is 470 g/mol. The van der Waals surface area contributed by atoms with Crippen LogP contribution in [0.5, 0.6) is 17.2 Å². The molecule has 156 valence electrons. The van der Waals surface area contributed by atoms with Gasteiger partial charge in [0.25, 0.3) is 5.91 Å². The number of methoxy groups -OCH3 is 2. The summed E-state index contributed by atoms with van der Waals surface area (Å²) in [5.74, 6) is 1.75. The number of anilines is 2. The molecule has 2 N–H and O–H groups in total. The van der Waals surface area contributed by atoms with Crippen molar-refractivity contribution in [1.29, 1.82) is 0 Å². The van der Waals surface area contributed by atoms with Crippen LogP contribution >= 0.6 is 15.9 Å². The van der Waals surface area contributed by atoms with E-state index in [-0.39, 0.29) is 12.5 Å². The first-order chi connectivity index (χ1) is 14.6. The first-order valence-electron chi connectivity index (χ1n) is 9.31. The number of hydrogen-bond donors (Lipinski definition) is 2. The van der Waals surface area contributed by atoms with Crippen molar-refractivity contribution in [3.05, 3.63) is 76.8 Å². The van der Waals surface area contributed by atoms with Crippen LogP contribution < -0.4 is 24.8 Å². The number of benzene rings is 3. The number of hydrogen-bond acceptors (Lipinski definition) is 5. The summed E-state index contributed by atoms with van der Waals surface area (Å²) in [6.07, 6.45) is 0. The number of carbonyl (C=O) groups is 1. The standard InChI is InChI=1S/C23H23BrN2O4/c1-28-18-10-8-17(9-11-18)25-14-16-7-12-21(19(24)13-16)30-15-23(27)26-20-5-3-4-6-22(20)29-2/h3-13,25H,14-15H2,1-2H3,(H,26,27). The predicted molar refractivity (Wildman–Crippen MR) is 122 cm³/mol. The average molecular weight is 471 g/mol. The Bertz CT molecular complexity index is 993. The molecule has 0 aromatic heterocycles. The molecule has 0 aliphatic rings. The van der Waals surface area contributed by atoms with Crippen LogP contribution in [0.3, 0.4) is 0 Å². The second-order valence-electron chi connectivity index (χ2n) is 6.38. The molecular weight excluding hydrogens is 448 g/mol. The van der Waals surface area contributed by atoms with Crippen LogP contribution in [0.1, 0.15) is 5.56 Å². The average Bonchev–Trinajstić information content (AvgIpc) is 2.77. The van der Waals surface area contributed by atoms with E-state index in [4.69, 9.17) is 14.2 Å². The number of rotatable bonds is 9. The Morgan fingerprint density at radius 1 is 0.933 bits per heavy atom. The van der Waals surface area contributed by atoms with Gasteiger partial charge in [0.2, 0.25) is 0 Å². The van der Waals surface area contributed by atoms with Crippen molar-refractivity contribution in [1.82, 2.24) is 0 Å². The van der Waals surface area contributed by atoms with Crippen LogP contribution in [-0.4, -0.2) is 26.7 Å². The molecule has 0 atom stereocenters. The normalized spacial score (nSPS) is 10.2. The highest BCUT2D eigenvalue weighted by molar-refractivity contribution is 9.10. The SMILES string of the molecule is COc1ccc(NCc2ccc(OCC(=O)Nc3ccccc3OC)c(Br)c2)cc1. The van der Waals surface area contributed by atoms with E-state index in [0.717, 1.165) is 21.5 Å². The molecule has 0 aliphatic carbocycles. The van der Waals surface area contributed by atoms with Gasteiger partial charge in [0.15, 0.2) is 6.61 Å². The van der Waals surface area contributed by atoms with Gasteiger partial charge in [0.1, 0.15) is 17.2 Å². The van der Waals surface area contributed by atoms with E-state index in [1.165, 1.54) is 0 Å². The summed E-state index contributed by atoms with van der Waals surface area (Å²) in [5, 5.41) is 6.14. The molecular formula is C23H23BrN2O4.